The van der Waals surface area contributed by atoms with Gasteiger partial charge in [0.25, 0.3) is 5.91 Å². The zero-order chi connectivity index (χ0) is 20.4. The van der Waals surface area contributed by atoms with Crippen molar-refractivity contribution in [2.24, 2.45) is 0 Å². The number of rotatable bonds is 5. The van der Waals surface area contributed by atoms with Crippen LogP contribution in [0.1, 0.15) is 35.0 Å². The van der Waals surface area contributed by atoms with E-state index in [0.29, 0.717) is 31.4 Å². The fourth-order valence-electron chi connectivity index (χ4n) is 4.18. The van der Waals surface area contributed by atoms with Crippen molar-refractivity contribution >= 4 is 29.1 Å². The molecule has 0 bridgehead atoms. The summed E-state index contributed by atoms with van der Waals surface area (Å²) in [5.41, 5.74) is 0.559. The van der Waals surface area contributed by atoms with Crippen molar-refractivity contribution in [3.05, 3.63) is 58.3 Å². The van der Waals surface area contributed by atoms with E-state index in [4.69, 9.17) is 4.74 Å². The molecule has 3 heterocycles. The van der Waals surface area contributed by atoms with Gasteiger partial charge in [-0.25, -0.2) is 4.79 Å². The summed E-state index contributed by atoms with van der Waals surface area (Å²) in [6.45, 7) is 2.45. The maximum atomic E-state index is 12.9. The van der Waals surface area contributed by atoms with Gasteiger partial charge < -0.3 is 9.64 Å². The predicted molar refractivity (Wildman–Crippen MR) is 110 cm³/mol. The first kappa shape index (κ1) is 19.6. The highest BCUT2D eigenvalue weighted by atomic mass is 32.1. The van der Waals surface area contributed by atoms with Gasteiger partial charge in [0.15, 0.2) is 5.78 Å². The highest BCUT2D eigenvalue weighted by Crippen LogP contribution is 2.31. The van der Waals surface area contributed by atoms with Crippen LogP contribution in [0.2, 0.25) is 0 Å². The molecule has 3 atom stereocenters. The Morgan fingerprint density at radius 1 is 1.17 bits per heavy atom. The molecule has 2 aliphatic rings. The minimum atomic E-state index is -0.602. The van der Waals surface area contributed by atoms with E-state index in [2.05, 4.69) is 0 Å². The molecule has 0 saturated carbocycles. The first-order valence-corrected chi connectivity index (χ1v) is 10.8. The van der Waals surface area contributed by atoms with E-state index in [9.17, 15) is 14.4 Å². The lowest BCUT2D eigenvalue weighted by molar-refractivity contribution is -0.120. The van der Waals surface area contributed by atoms with Crippen molar-refractivity contribution in [1.29, 1.82) is 0 Å². The van der Waals surface area contributed by atoms with Gasteiger partial charge in [0.1, 0.15) is 12.1 Å². The Labute approximate surface area is 174 Å². The van der Waals surface area contributed by atoms with Crippen LogP contribution in [-0.4, -0.2) is 58.9 Å². The van der Waals surface area contributed by atoms with E-state index in [1.54, 1.807) is 40.5 Å². The van der Waals surface area contributed by atoms with Crippen LogP contribution >= 0.6 is 11.3 Å². The number of likely N-dealkylation sites (tertiary alicyclic amines) is 2. The van der Waals surface area contributed by atoms with Crippen molar-refractivity contribution in [1.82, 2.24) is 9.80 Å². The smallest absolute Gasteiger partial charge is 0.410 e. The summed E-state index contributed by atoms with van der Waals surface area (Å²) < 4.78 is 5.73. The molecule has 6 nitrogen and oxygen atoms in total. The van der Waals surface area contributed by atoms with Crippen LogP contribution in [0.4, 0.5) is 4.79 Å². The molecule has 0 aliphatic carbocycles. The minimum absolute atomic E-state index is 0.0409. The van der Waals surface area contributed by atoms with Crippen molar-refractivity contribution in [3.63, 3.8) is 0 Å². The van der Waals surface area contributed by atoms with Crippen LogP contribution in [0.15, 0.2) is 47.8 Å². The molecule has 152 valence electrons. The van der Waals surface area contributed by atoms with E-state index < -0.39 is 12.1 Å². The number of hydrogen-bond acceptors (Lipinski definition) is 5. The Morgan fingerprint density at radius 3 is 2.66 bits per heavy atom. The molecule has 2 fully saturated rings. The number of ether oxygens (including phenoxy) is 1. The summed E-state index contributed by atoms with van der Waals surface area (Å²) in [5, 5.41) is 2.00. The molecule has 1 aromatic carbocycles. The minimum Gasteiger partial charge on any atom is -0.446 e. The lowest BCUT2D eigenvalue weighted by Gasteiger charge is -2.25. The molecule has 1 aromatic heterocycles. The van der Waals surface area contributed by atoms with Gasteiger partial charge in [0.2, 0.25) is 0 Å². The van der Waals surface area contributed by atoms with Crippen LogP contribution in [0, 0.1) is 0 Å². The Bertz CT molecular complexity index is 883. The number of hydrogen-bond donors (Lipinski definition) is 0. The number of carbonyl (C=O) groups excluding carboxylic acids is 3. The van der Waals surface area contributed by atoms with Gasteiger partial charge in [-0.15, -0.1) is 11.3 Å². The molecule has 0 spiro atoms. The van der Waals surface area contributed by atoms with Crippen molar-refractivity contribution < 1.29 is 19.1 Å². The number of amides is 2. The fraction of sp³-hybridized carbons (Fsp3) is 0.409. The Morgan fingerprint density at radius 2 is 1.97 bits per heavy atom. The Kier molecular flexibility index (Phi) is 5.67. The summed E-state index contributed by atoms with van der Waals surface area (Å²) in [7, 11) is 0. The lowest BCUT2D eigenvalue weighted by atomic mass is 10.1. The molecular weight excluding hydrogens is 388 g/mol. The zero-order valence-electron chi connectivity index (χ0n) is 16.3. The highest BCUT2D eigenvalue weighted by Gasteiger charge is 2.52. The maximum Gasteiger partial charge on any atom is 0.410 e. The summed E-state index contributed by atoms with van der Waals surface area (Å²) in [4.78, 5) is 42.7. The van der Waals surface area contributed by atoms with Crippen molar-refractivity contribution in [3.8, 4) is 0 Å². The molecule has 4 rings (SSSR count). The predicted octanol–water partition coefficient (Wildman–Crippen LogP) is 3.37. The number of ketones is 1. The van der Waals surface area contributed by atoms with Gasteiger partial charge in [-0.2, -0.15) is 0 Å². The van der Waals surface area contributed by atoms with Gasteiger partial charge in [0.05, 0.1) is 12.6 Å². The number of fused-ring (bicyclic) bond motifs is 1. The monoisotopic (exact) mass is 412 g/mol. The van der Waals surface area contributed by atoms with Crippen LogP contribution in [0.3, 0.4) is 0 Å². The molecule has 1 unspecified atom stereocenters. The average Bonchev–Trinajstić information content (AvgIpc) is 3.46. The van der Waals surface area contributed by atoms with E-state index >= 15 is 0 Å². The Hall–Kier alpha value is -2.67. The molecule has 29 heavy (non-hydrogen) atoms. The van der Waals surface area contributed by atoms with E-state index in [-0.39, 0.29) is 30.4 Å². The maximum absolute atomic E-state index is 12.9. The molecular formula is C22H24N2O4S. The largest absolute Gasteiger partial charge is 0.446 e. The molecule has 0 radical (unpaired) electrons. The van der Waals surface area contributed by atoms with Gasteiger partial charge >= 0.3 is 6.09 Å². The fourth-order valence-corrected chi connectivity index (χ4v) is 4.95. The second-order valence-electron chi connectivity index (χ2n) is 7.46. The average molecular weight is 413 g/mol. The second kappa shape index (κ2) is 8.37. The molecule has 2 amide bonds. The summed E-state index contributed by atoms with van der Waals surface area (Å²) in [6, 6.07) is 12.1. The first-order chi connectivity index (χ1) is 14.1. The summed E-state index contributed by atoms with van der Waals surface area (Å²) >= 11 is 1.64. The molecule has 2 saturated heterocycles. The van der Waals surface area contributed by atoms with Crippen LogP contribution < -0.4 is 0 Å². The SMILES string of the molecule is CCC(Cc1cccs1)OC(=O)N1CC[C@@H]2[C@H]1C(=O)CN2C(=O)c1ccccc1. The van der Waals surface area contributed by atoms with Gasteiger partial charge in [-0.3, -0.25) is 14.5 Å². The van der Waals surface area contributed by atoms with Gasteiger partial charge in [-0.05, 0) is 36.4 Å². The number of thiophene rings is 1. The summed E-state index contributed by atoms with van der Waals surface area (Å²) in [6.07, 6.45) is 1.29. The van der Waals surface area contributed by atoms with Crippen LogP contribution in [0.5, 0.6) is 0 Å². The van der Waals surface area contributed by atoms with Crippen LogP contribution in [-0.2, 0) is 16.0 Å². The van der Waals surface area contributed by atoms with Gasteiger partial charge in [-0.1, -0.05) is 31.2 Å². The van der Waals surface area contributed by atoms with Gasteiger partial charge in [0, 0.05) is 23.4 Å². The number of carbonyl (C=O) groups is 3. The third-order valence-electron chi connectivity index (χ3n) is 5.67. The molecule has 2 aromatic rings. The van der Waals surface area contributed by atoms with Crippen molar-refractivity contribution in [2.75, 3.05) is 13.1 Å². The normalized spacial score (nSPS) is 21.9. The third-order valence-corrected chi connectivity index (χ3v) is 6.57. The summed E-state index contributed by atoms with van der Waals surface area (Å²) in [5.74, 6) is -0.258. The standard InChI is InChI=1S/C22H24N2O4S/c1-2-16(13-17-9-6-12-29-17)28-22(27)23-11-10-18-20(23)19(25)14-24(18)21(26)15-7-4-3-5-8-15/h3-9,12,16,18,20H,2,10-11,13-14H2,1H3/t16?,18-,20+/m1/s1. The first-order valence-electron chi connectivity index (χ1n) is 9.97. The number of nitrogens with zero attached hydrogens (tertiary/aromatic N) is 2. The number of benzene rings is 1. The molecule has 7 heteroatoms. The molecule has 2 aliphatic heterocycles. The molecule has 0 N–H and O–H groups in total. The van der Waals surface area contributed by atoms with Crippen LogP contribution in [0.25, 0.3) is 0 Å². The lowest BCUT2D eigenvalue weighted by Crippen LogP contribution is -2.44. The van der Waals surface area contributed by atoms with E-state index in [1.807, 2.05) is 30.5 Å². The highest BCUT2D eigenvalue weighted by molar-refractivity contribution is 7.09. The third kappa shape index (κ3) is 3.92. The van der Waals surface area contributed by atoms with E-state index in [1.165, 1.54) is 9.78 Å². The topological polar surface area (TPSA) is 66.9 Å². The second-order valence-corrected chi connectivity index (χ2v) is 8.49. The quantitative estimate of drug-likeness (QED) is 0.755. The Balaban J connectivity index is 1.43. The van der Waals surface area contributed by atoms with Crippen molar-refractivity contribution in [2.45, 2.75) is 44.4 Å². The number of Topliss-reactive ketones (excluding diaryl/α,β-unsaturated/α-hetero) is 1. The van der Waals surface area contributed by atoms with E-state index in [0.717, 1.165) is 0 Å². The zero-order valence-corrected chi connectivity index (χ0v) is 17.1.